The number of rotatable bonds is 2. The number of phenolic OH excluding ortho intramolecular Hbond substituents is 1. The molecule has 0 amide bonds. The summed E-state index contributed by atoms with van der Waals surface area (Å²) in [4.78, 5) is 0. The van der Waals surface area contributed by atoms with Crippen molar-refractivity contribution in [3.63, 3.8) is 0 Å². The molecule has 0 bridgehead atoms. The molecule has 2 rings (SSSR count). The molecule has 3 N–H and O–H groups in total. The van der Waals surface area contributed by atoms with Crippen LogP contribution < -0.4 is 10.5 Å². The number of phenols is 1. The summed E-state index contributed by atoms with van der Waals surface area (Å²) in [7, 11) is 3.36. The third-order valence-corrected chi connectivity index (χ3v) is 3.23. The SMILES string of the molecule is COc1cc(-c2cc(N)n(C)n2)c(O)c(C)c1C. The minimum atomic E-state index is 0.214. The van der Waals surface area contributed by atoms with Gasteiger partial charge in [-0.25, -0.2) is 0 Å². The van der Waals surface area contributed by atoms with Gasteiger partial charge in [-0.2, -0.15) is 5.10 Å². The molecule has 0 aliphatic carbocycles. The van der Waals surface area contributed by atoms with E-state index in [0.29, 0.717) is 17.1 Å². The molecule has 5 nitrogen and oxygen atoms in total. The Bertz CT molecular complexity index is 583. The van der Waals surface area contributed by atoms with Gasteiger partial charge >= 0.3 is 0 Å². The van der Waals surface area contributed by atoms with E-state index >= 15 is 0 Å². The number of hydrogen-bond donors (Lipinski definition) is 2. The first-order valence-corrected chi connectivity index (χ1v) is 5.62. The molecule has 1 aromatic carbocycles. The van der Waals surface area contributed by atoms with E-state index in [2.05, 4.69) is 5.10 Å². The van der Waals surface area contributed by atoms with Crippen molar-refractivity contribution in [1.29, 1.82) is 0 Å². The first-order valence-electron chi connectivity index (χ1n) is 5.62. The zero-order chi connectivity index (χ0) is 13.4. The van der Waals surface area contributed by atoms with Gasteiger partial charge in [0.2, 0.25) is 0 Å². The average molecular weight is 247 g/mol. The van der Waals surface area contributed by atoms with Crippen molar-refractivity contribution in [2.24, 2.45) is 7.05 Å². The third kappa shape index (κ3) is 1.77. The van der Waals surface area contributed by atoms with Gasteiger partial charge in [0.15, 0.2) is 0 Å². The van der Waals surface area contributed by atoms with Crippen LogP contribution in [0.1, 0.15) is 11.1 Å². The molecule has 2 aromatic rings. The molecule has 0 aliphatic heterocycles. The first kappa shape index (κ1) is 12.3. The van der Waals surface area contributed by atoms with Crippen LogP contribution in [0.3, 0.4) is 0 Å². The number of aryl methyl sites for hydroxylation is 1. The number of aromatic hydroxyl groups is 1. The summed E-state index contributed by atoms with van der Waals surface area (Å²) in [6, 6.07) is 3.50. The van der Waals surface area contributed by atoms with Gasteiger partial charge in [-0.1, -0.05) is 0 Å². The molecule has 0 atom stereocenters. The Balaban J connectivity index is 2.67. The number of methoxy groups -OCH3 is 1. The molecule has 18 heavy (non-hydrogen) atoms. The number of anilines is 1. The molecule has 1 heterocycles. The summed E-state index contributed by atoms with van der Waals surface area (Å²) in [5.74, 6) is 1.48. The normalized spacial score (nSPS) is 10.7. The highest BCUT2D eigenvalue weighted by molar-refractivity contribution is 5.73. The quantitative estimate of drug-likeness (QED) is 0.851. The molecule has 96 valence electrons. The van der Waals surface area contributed by atoms with Crippen molar-refractivity contribution < 1.29 is 9.84 Å². The molecular weight excluding hydrogens is 230 g/mol. The highest BCUT2D eigenvalue weighted by atomic mass is 16.5. The predicted molar refractivity (Wildman–Crippen MR) is 70.7 cm³/mol. The first-order chi connectivity index (χ1) is 8.45. The largest absolute Gasteiger partial charge is 0.507 e. The topological polar surface area (TPSA) is 73.3 Å². The summed E-state index contributed by atoms with van der Waals surface area (Å²) in [6.45, 7) is 3.76. The molecule has 0 saturated carbocycles. The lowest BCUT2D eigenvalue weighted by Gasteiger charge is -2.12. The zero-order valence-electron chi connectivity index (χ0n) is 11.0. The summed E-state index contributed by atoms with van der Waals surface area (Å²) in [6.07, 6.45) is 0. The van der Waals surface area contributed by atoms with Gasteiger partial charge in [-0.15, -0.1) is 0 Å². The van der Waals surface area contributed by atoms with Crippen molar-refractivity contribution in [3.8, 4) is 22.8 Å². The molecule has 0 fully saturated rings. The van der Waals surface area contributed by atoms with Gasteiger partial charge in [-0.3, -0.25) is 4.68 Å². The summed E-state index contributed by atoms with van der Waals surface area (Å²) >= 11 is 0. The van der Waals surface area contributed by atoms with Gasteiger partial charge in [0.1, 0.15) is 17.3 Å². The smallest absolute Gasteiger partial charge is 0.128 e. The van der Waals surface area contributed by atoms with Crippen LogP contribution in [0.15, 0.2) is 12.1 Å². The zero-order valence-corrected chi connectivity index (χ0v) is 11.0. The third-order valence-electron chi connectivity index (χ3n) is 3.23. The Morgan fingerprint density at radius 2 is 1.94 bits per heavy atom. The molecule has 1 aromatic heterocycles. The van der Waals surface area contributed by atoms with Gasteiger partial charge in [0, 0.05) is 18.7 Å². The van der Waals surface area contributed by atoms with Crippen molar-refractivity contribution >= 4 is 5.82 Å². The summed E-state index contributed by atoms with van der Waals surface area (Å²) in [5, 5.41) is 14.5. The van der Waals surface area contributed by atoms with E-state index < -0.39 is 0 Å². The Hall–Kier alpha value is -2.17. The van der Waals surface area contributed by atoms with Crippen LogP contribution in [-0.2, 0) is 7.05 Å². The highest BCUT2D eigenvalue weighted by Gasteiger charge is 2.16. The second-order valence-corrected chi connectivity index (χ2v) is 4.30. The van der Waals surface area contributed by atoms with Gasteiger partial charge < -0.3 is 15.6 Å². The van der Waals surface area contributed by atoms with Crippen LogP contribution in [-0.4, -0.2) is 22.0 Å². The van der Waals surface area contributed by atoms with E-state index in [4.69, 9.17) is 10.5 Å². The number of nitrogen functional groups attached to an aromatic ring is 1. The average Bonchev–Trinajstić information content (AvgIpc) is 2.67. The maximum absolute atomic E-state index is 10.2. The Kier molecular flexibility index (Phi) is 2.90. The standard InChI is InChI=1S/C13H17N3O2/c1-7-8(2)13(17)9(5-11(7)18-4)10-6-12(14)16(3)15-10/h5-6,17H,14H2,1-4H3. The van der Waals surface area contributed by atoms with Gasteiger partial charge in [-0.05, 0) is 31.0 Å². The van der Waals surface area contributed by atoms with Crippen LogP contribution >= 0.6 is 0 Å². The lowest BCUT2D eigenvalue weighted by molar-refractivity contribution is 0.408. The van der Waals surface area contributed by atoms with Crippen molar-refractivity contribution in [3.05, 3.63) is 23.3 Å². The minimum absolute atomic E-state index is 0.214. The second kappa shape index (κ2) is 4.25. The van der Waals surface area contributed by atoms with Gasteiger partial charge in [0.25, 0.3) is 0 Å². The van der Waals surface area contributed by atoms with E-state index in [1.165, 1.54) is 0 Å². The maximum atomic E-state index is 10.2. The van der Waals surface area contributed by atoms with Gasteiger partial charge in [0.05, 0.1) is 12.8 Å². The highest BCUT2D eigenvalue weighted by Crippen LogP contribution is 2.38. The molecular formula is C13H17N3O2. The Labute approximate surface area is 106 Å². The van der Waals surface area contributed by atoms with Crippen LogP contribution in [0.4, 0.5) is 5.82 Å². The van der Waals surface area contributed by atoms with Crippen LogP contribution in [0.25, 0.3) is 11.3 Å². The molecule has 0 aliphatic rings. The maximum Gasteiger partial charge on any atom is 0.128 e. The van der Waals surface area contributed by atoms with Crippen LogP contribution in [0.5, 0.6) is 11.5 Å². The number of benzene rings is 1. The van der Waals surface area contributed by atoms with E-state index in [9.17, 15) is 5.11 Å². The fourth-order valence-electron chi connectivity index (χ4n) is 1.89. The second-order valence-electron chi connectivity index (χ2n) is 4.30. The number of hydrogen-bond acceptors (Lipinski definition) is 4. The number of ether oxygens (including phenoxy) is 1. The van der Waals surface area contributed by atoms with Crippen LogP contribution in [0.2, 0.25) is 0 Å². The number of nitrogens with zero attached hydrogens (tertiary/aromatic N) is 2. The predicted octanol–water partition coefficient (Wildman–Crippen LogP) is 2.00. The number of aromatic nitrogens is 2. The van der Waals surface area contributed by atoms with E-state index in [1.54, 1.807) is 31.0 Å². The van der Waals surface area contributed by atoms with E-state index in [1.807, 2.05) is 13.8 Å². The monoisotopic (exact) mass is 247 g/mol. The molecule has 0 spiro atoms. The lowest BCUT2D eigenvalue weighted by atomic mass is 10.0. The molecule has 0 radical (unpaired) electrons. The Morgan fingerprint density at radius 3 is 2.44 bits per heavy atom. The van der Waals surface area contributed by atoms with Crippen molar-refractivity contribution in [2.45, 2.75) is 13.8 Å². The summed E-state index contributed by atoms with van der Waals surface area (Å²) < 4.78 is 6.87. The lowest BCUT2D eigenvalue weighted by Crippen LogP contribution is -1.97. The minimum Gasteiger partial charge on any atom is -0.507 e. The number of nitrogens with two attached hydrogens (primary N) is 1. The molecule has 0 saturated heterocycles. The molecule has 5 heteroatoms. The Morgan fingerprint density at radius 1 is 1.28 bits per heavy atom. The van der Waals surface area contributed by atoms with Crippen molar-refractivity contribution in [1.82, 2.24) is 9.78 Å². The fourth-order valence-corrected chi connectivity index (χ4v) is 1.89. The van der Waals surface area contributed by atoms with E-state index in [0.717, 1.165) is 16.9 Å². The van der Waals surface area contributed by atoms with Crippen LogP contribution in [0, 0.1) is 13.8 Å². The summed E-state index contributed by atoms with van der Waals surface area (Å²) in [5.41, 5.74) is 8.72. The van der Waals surface area contributed by atoms with E-state index in [-0.39, 0.29) is 5.75 Å². The molecule has 0 unspecified atom stereocenters. The van der Waals surface area contributed by atoms with Crippen molar-refractivity contribution in [2.75, 3.05) is 12.8 Å². The fraction of sp³-hybridized carbons (Fsp3) is 0.308.